The second kappa shape index (κ2) is 2.97. The minimum Gasteiger partial charge on any atom is -0.467 e. The molecule has 0 N–H and O–H groups in total. The first kappa shape index (κ1) is 7.48. The van der Waals surface area contributed by atoms with Gasteiger partial charge in [0.1, 0.15) is 11.8 Å². The molecule has 0 saturated carbocycles. The van der Waals surface area contributed by atoms with Gasteiger partial charge in [-0.3, -0.25) is 0 Å². The lowest BCUT2D eigenvalue weighted by Crippen LogP contribution is -1.95. The Balaban J connectivity index is 3.15. The number of ether oxygens (including phenoxy) is 1. The lowest BCUT2D eigenvalue weighted by Gasteiger charge is -1.97. The monoisotopic (exact) mass is 149 g/mol. The number of nitrogens with zero attached hydrogens (tertiary/aromatic N) is 3. The zero-order chi connectivity index (χ0) is 8.27. The third-order valence-corrected chi connectivity index (χ3v) is 1.13. The van der Waals surface area contributed by atoms with E-state index in [9.17, 15) is 0 Å². The normalized spacial score (nSPS) is 8.82. The molecule has 0 bridgehead atoms. The van der Waals surface area contributed by atoms with Gasteiger partial charge in [0, 0.05) is 5.69 Å². The summed E-state index contributed by atoms with van der Waals surface area (Å²) >= 11 is 0. The van der Waals surface area contributed by atoms with Gasteiger partial charge in [-0.1, -0.05) is 0 Å². The first-order chi connectivity index (χ1) is 5.26. The summed E-state index contributed by atoms with van der Waals surface area (Å²) in [6.07, 6.45) is 0. The summed E-state index contributed by atoms with van der Waals surface area (Å²) in [5.41, 5.74) is 1.06. The van der Waals surface area contributed by atoms with Crippen LogP contribution < -0.4 is 4.74 Å². The topological polar surface area (TPSA) is 58.8 Å². The van der Waals surface area contributed by atoms with Crippen LogP contribution in [0.15, 0.2) is 6.07 Å². The molecule has 0 aliphatic carbocycles. The number of hydrogen-bond donors (Lipinski definition) is 0. The maximum Gasteiger partial charge on any atom is 0.317 e. The Hall–Kier alpha value is -1.63. The molecule has 0 aliphatic heterocycles. The largest absolute Gasteiger partial charge is 0.467 e. The van der Waals surface area contributed by atoms with Crippen molar-refractivity contribution < 1.29 is 4.74 Å². The zero-order valence-electron chi connectivity index (χ0n) is 6.33. The first-order valence-electron chi connectivity index (χ1n) is 3.06. The first-order valence-corrected chi connectivity index (χ1v) is 3.06. The summed E-state index contributed by atoms with van der Waals surface area (Å²) in [6, 6.07) is 3.75. The van der Waals surface area contributed by atoms with Gasteiger partial charge in [-0.2, -0.15) is 10.2 Å². The van der Waals surface area contributed by atoms with Crippen LogP contribution in [-0.2, 0) is 0 Å². The summed E-state index contributed by atoms with van der Waals surface area (Å²) in [5, 5.41) is 8.49. The average Bonchev–Trinajstić information content (AvgIpc) is 2.03. The van der Waals surface area contributed by atoms with Gasteiger partial charge in [0.2, 0.25) is 0 Å². The van der Waals surface area contributed by atoms with Gasteiger partial charge in [-0.05, 0) is 13.0 Å². The third kappa shape index (κ3) is 1.64. The second-order valence-electron chi connectivity index (χ2n) is 1.99. The molecular weight excluding hydrogens is 142 g/mol. The molecule has 0 aliphatic rings. The van der Waals surface area contributed by atoms with Gasteiger partial charge in [-0.15, -0.1) is 0 Å². The van der Waals surface area contributed by atoms with Crippen LogP contribution >= 0.6 is 0 Å². The van der Waals surface area contributed by atoms with E-state index in [0.29, 0.717) is 5.69 Å². The molecule has 0 radical (unpaired) electrons. The highest BCUT2D eigenvalue weighted by molar-refractivity contribution is 5.23. The van der Waals surface area contributed by atoms with Crippen molar-refractivity contribution in [3.8, 4) is 12.1 Å². The van der Waals surface area contributed by atoms with E-state index in [1.54, 1.807) is 13.0 Å². The van der Waals surface area contributed by atoms with Crippen molar-refractivity contribution in [2.45, 2.75) is 6.92 Å². The minimum atomic E-state index is 0.238. The van der Waals surface area contributed by atoms with Gasteiger partial charge in [0.05, 0.1) is 7.11 Å². The zero-order valence-corrected chi connectivity index (χ0v) is 6.33. The van der Waals surface area contributed by atoms with Crippen molar-refractivity contribution in [3.63, 3.8) is 0 Å². The van der Waals surface area contributed by atoms with Crippen LogP contribution in [0, 0.1) is 18.3 Å². The van der Waals surface area contributed by atoms with E-state index in [2.05, 4.69) is 9.97 Å². The highest BCUT2D eigenvalue weighted by Gasteiger charge is 1.99. The Morgan fingerprint density at radius 2 is 2.27 bits per heavy atom. The predicted molar refractivity (Wildman–Crippen MR) is 38.0 cm³/mol. The summed E-state index contributed by atoms with van der Waals surface area (Å²) in [6.45, 7) is 1.78. The third-order valence-electron chi connectivity index (χ3n) is 1.13. The van der Waals surface area contributed by atoms with Crippen molar-refractivity contribution in [1.29, 1.82) is 5.26 Å². The molecule has 4 heteroatoms. The maximum absolute atomic E-state index is 8.49. The van der Waals surface area contributed by atoms with Crippen LogP contribution in [0.4, 0.5) is 0 Å². The smallest absolute Gasteiger partial charge is 0.317 e. The van der Waals surface area contributed by atoms with Gasteiger partial charge >= 0.3 is 6.01 Å². The van der Waals surface area contributed by atoms with Crippen LogP contribution in [0.3, 0.4) is 0 Å². The number of nitriles is 1. The average molecular weight is 149 g/mol. The molecule has 0 aromatic carbocycles. The summed E-state index contributed by atoms with van der Waals surface area (Å²) in [4.78, 5) is 7.69. The van der Waals surface area contributed by atoms with Crippen molar-refractivity contribution >= 4 is 0 Å². The number of aryl methyl sites for hydroxylation is 1. The van der Waals surface area contributed by atoms with Crippen molar-refractivity contribution in [2.75, 3.05) is 7.11 Å². The Kier molecular flexibility index (Phi) is 2.02. The summed E-state index contributed by atoms with van der Waals surface area (Å²) < 4.78 is 4.76. The standard InChI is InChI=1S/C7H7N3O/c1-5-3-6(4-8)10-7(9-5)11-2/h3H,1-2H3. The summed E-state index contributed by atoms with van der Waals surface area (Å²) in [5.74, 6) is 0. The fourth-order valence-corrected chi connectivity index (χ4v) is 0.690. The van der Waals surface area contributed by atoms with Crippen LogP contribution in [0.2, 0.25) is 0 Å². The van der Waals surface area contributed by atoms with Gasteiger partial charge in [-0.25, -0.2) is 4.98 Å². The predicted octanol–water partition coefficient (Wildman–Crippen LogP) is 0.665. The van der Waals surface area contributed by atoms with E-state index in [-0.39, 0.29) is 6.01 Å². The Labute approximate surface area is 64.5 Å². The van der Waals surface area contributed by atoms with Crippen LogP contribution in [-0.4, -0.2) is 17.1 Å². The molecule has 1 rings (SSSR count). The lowest BCUT2D eigenvalue weighted by molar-refractivity contribution is 0.378. The minimum absolute atomic E-state index is 0.238. The molecule has 0 spiro atoms. The molecule has 4 nitrogen and oxygen atoms in total. The van der Waals surface area contributed by atoms with Crippen molar-refractivity contribution in [3.05, 3.63) is 17.5 Å². The van der Waals surface area contributed by atoms with E-state index in [1.165, 1.54) is 7.11 Å². The fourth-order valence-electron chi connectivity index (χ4n) is 0.690. The Morgan fingerprint density at radius 1 is 1.55 bits per heavy atom. The van der Waals surface area contributed by atoms with E-state index < -0.39 is 0 Å². The van der Waals surface area contributed by atoms with Gasteiger partial charge in [0.15, 0.2) is 0 Å². The van der Waals surface area contributed by atoms with Crippen molar-refractivity contribution in [1.82, 2.24) is 9.97 Å². The van der Waals surface area contributed by atoms with Crippen LogP contribution in [0.1, 0.15) is 11.4 Å². The van der Waals surface area contributed by atoms with E-state index in [0.717, 1.165) is 5.69 Å². The van der Waals surface area contributed by atoms with Crippen molar-refractivity contribution in [2.24, 2.45) is 0 Å². The van der Waals surface area contributed by atoms with Crippen LogP contribution in [0.25, 0.3) is 0 Å². The van der Waals surface area contributed by atoms with E-state index in [4.69, 9.17) is 10.00 Å². The lowest BCUT2D eigenvalue weighted by atomic mass is 10.3. The Morgan fingerprint density at radius 3 is 2.82 bits per heavy atom. The SMILES string of the molecule is COc1nc(C)cc(C#N)n1. The molecule has 1 heterocycles. The molecule has 0 fully saturated rings. The van der Waals surface area contributed by atoms with E-state index in [1.807, 2.05) is 6.07 Å². The number of rotatable bonds is 1. The number of hydrogen-bond acceptors (Lipinski definition) is 4. The molecule has 1 aromatic rings. The highest BCUT2D eigenvalue weighted by Crippen LogP contribution is 2.04. The molecule has 56 valence electrons. The fraction of sp³-hybridized carbons (Fsp3) is 0.286. The van der Waals surface area contributed by atoms with Gasteiger partial charge < -0.3 is 4.74 Å². The summed E-state index contributed by atoms with van der Waals surface area (Å²) in [7, 11) is 1.47. The molecule has 1 aromatic heterocycles. The van der Waals surface area contributed by atoms with E-state index >= 15 is 0 Å². The second-order valence-corrected chi connectivity index (χ2v) is 1.99. The molecule has 0 unspecified atom stereocenters. The Bertz CT molecular complexity index is 303. The molecule has 0 atom stereocenters. The number of aromatic nitrogens is 2. The van der Waals surface area contributed by atoms with Crippen LogP contribution in [0.5, 0.6) is 6.01 Å². The maximum atomic E-state index is 8.49. The highest BCUT2D eigenvalue weighted by atomic mass is 16.5. The number of methoxy groups -OCH3 is 1. The molecular formula is C7H7N3O. The molecule has 0 saturated heterocycles. The molecule has 11 heavy (non-hydrogen) atoms. The quantitative estimate of drug-likeness (QED) is 0.588. The molecule has 0 amide bonds. The van der Waals surface area contributed by atoms with Gasteiger partial charge in [0.25, 0.3) is 0 Å².